The molecule has 0 fully saturated rings. The number of aromatic nitrogens is 3. The van der Waals surface area contributed by atoms with E-state index in [0.717, 1.165) is 0 Å². The van der Waals surface area contributed by atoms with Crippen molar-refractivity contribution in [2.45, 2.75) is 32.9 Å². The molecule has 0 radical (unpaired) electrons. The number of ether oxygens (including phenoxy) is 2. The van der Waals surface area contributed by atoms with Gasteiger partial charge in [0.15, 0.2) is 0 Å². The highest BCUT2D eigenvalue weighted by Gasteiger charge is 2.32. The quantitative estimate of drug-likeness (QED) is 0.531. The van der Waals surface area contributed by atoms with Gasteiger partial charge in [-0.15, -0.1) is 0 Å². The molecule has 1 aromatic heterocycles. The Morgan fingerprint density at radius 3 is 2.19 bits per heavy atom. The van der Waals surface area contributed by atoms with Crippen LogP contribution >= 0.6 is 0 Å². The average Bonchev–Trinajstić information content (AvgIpc) is 2.98. The van der Waals surface area contributed by atoms with Crippen LogP contribution in [0.25, 0.3) is 0 Å². The van der Waals surface area contributed by atoms with E-state index in [4.69, 9.17) is 9.47 Å². The van der Waals surface area contributed by atoms with Crippen LogP contribution in [0.3, 0.4) is 0 Å². The molecule has 0 aliphatic heterocycles. The van der Waals surface area contributed by atoms with Gasteiger partial charge in [-0.2, -0.15) is 5.10 Å². The first kappa shape index (κ1) is 16.6. The zero-order chi connectivity index (χ0) is 15.8. The van der Waals surface area contributed by atoms with Gasteiger partial charge in [-0.1, -0.05) is 0 Å². The molecular weight excluding hydrogens is 280 g/mol. The number of hydrogen-bond donors (Lipinski definition) is 1. The Morgan fingerprint density at radius 2 is 1.76 bits per heavy atom. The molecule has 1 heterocycles. The topological polar surface area (TPSA) is 112 Å². The van der Waals surface area contributed by atoms with E-state index in [-0.39, 0.29) is 13.2 Å². The average molecular weight is 298 g/mol. The van der Waals surface area contributed by atoms with Crippen molar-refractivity contribution in [2.24, 2.45) is 0 Å². The van der Waals surface area contributed by atoms with E-state index in [1.807, 2.05) is 0 Å². The van der Waals surface area contributed by atoms with E-state index in [9.17, 15) is 14.4 Å². The Hall–Kier alpha value is -2.45. The van der Waals surface area contributed by atoms with Gasteiger partial charge < -0.3 is 14.8 Å². The Balaban J connectivity index is 2.77. The van der Waals surface area contributed by atoms with Crippen molar-refractivity contribution >= 4 is 17.8 Å². The van der Waals surface area contributed by atoms with Crippen LogP contribution in [0.2, 0.25) is 0 Å². The number of nitrogens with one attached hydrogen (secondary N) is 1. The van der Waals surface area contributed by atoms with Gasteiger partial charge in [0, 0.05) is 0 Å². The Bertz CT molecular complexity index is 470. The molecule has 21 heavy (non-hydrogen) atoms. The first-order chi connectivity index (χ1) is 10.0. The summed E-state index contributed by atoms with van der Waals surface area (Å²) in [5, 5.41) is 6.12. The van der Waals surface area contributed by atoms with Crippen LogP contribution in [-0.2, 0) is 23.9 Å². The van der Waals surface area contributed by atoms with Gasteiger partial charge in [0.25, 0.3) is 0 Å². The lowest BCUT2D eigenvalue weighted by Crippen LogP contribution is -2.50. The number of esters is 2. The molecule has 0 aromatic carbocycles. The first-order valence-corrected chi connectivity index (χ1v) is 6.49. The summed E-state index contributed by atoms with van der Waals surface area (Å²) in [6.07, 6.45) is 2.63. The molecule has 0 saturated heterocycles. The fraction of sp³-hybridized carbons (Fsp3) is 0.583. The highest BCUT2D eigenvalue weighted by molar-refractivity contribution is 6.02. The maximum Gasteiger partial charge on any atom is 0.340 e. The Morgan fingerprint density at radius 1 is 1.19 bits per heavy atom. The monoisotopic (exact) mass is 298 g/mol. The van der Waals surface area contributed by atoms with Gasteiger partial charge in [0.05, 0.1) is 13.2 Å². The third-order valence-electron chi connectivity index (χ3n) is 2.54. The number of nitrogens with zero attached hydrogens (tertiary/aromatic N) is 3. The minimum absolute atomic E-state index is 0.0865. The number of carbonyl (C=O) groups is 3. The lowest BCUT2D eigenvalue weighted by atomic mass is 10.2. The maximum absolute atomic E-state index is 12.1. The van der Waals surface area contributed by atoms with Crippen LogP contribution in [0, 0.1) is 0 Å². The summed E-state index contributed by atoms with van der Waals surface area (Å²) in [5.41, 5.74) is 0. The minimum Gasteiger partial charge on any atom is -0.464 e. The van der Waals surface area contributed by atoms with Crippen molar-refractivity contribution in [1.29, 1.82) is 0 Å². The van der Waals surface area contributed by atoms with Gasteiger partial charge in [-0.05, 0) is 20.8 Å². The lowest BCUT2D eigenvalue weighted by molar-refractivity contribution is -0.159. The SMILES string of the molecule is CCOC(=O)C(NC(=O)C(C)n1cncn1)C(=O)OCC. The normalized spacial score (nSPS) is 11.8. The predicted molar refractivity (Wildman–Crippen MR) is 69.9 cm³/mol. The molecule has 1 N–H and O–H groups in total. The molecule has 1 aromatic rings. The van der Waals surface area contributed by atoms with E-state index in [2.05, 4.69) is 15.4 Å². The van der Waals surface area contributed by atoms with E-state index in [1.165, 1.54) is 17.3 Å². The highest BCUT2D eigenvalue weighted by atomic mass is 16.6. The third kappa shape index (κ3) is 4.55. The largest absolute Gasteiger partial charge is 0.464 e. The standard InChI is InChI=1S/C12H18N4O5/c1-4-20-11(18)9(12(19)21-5-2)15-10(17)8(3)16-7-13-6-14-16/h6-9H,4-5H2,1-3H3,(H,15,17). The predicted octanol–water partition coefficient (Wildman–Crippen LogP) is -0.550. The van der Waals surface area contributed by atoms with E-state index in [0.29, 0.717) is 0 Å². The molecule has 0 aliphatic rings. The molecule has 0 bridgehead atoms. The van der Waals surface area contributed by atoms with Crippen molar-refractivity contribution in [2.75, 3.05) is 13.2 Å². The molecule has 116 valence electrons. The zero-order valence-corrected chi connectivity index (χ0v) is 12.1. The molecule has 9 nitrogen and oxygen atoms in total. The second-order valence-corrected chi connectivity index (χ2v) is 4.00. The van der Waals surface area contributed by atoms with Crippen molar-refractivity contribution in [3.05, 3.63) is 12.7 Å². The molecule has 1 atom stereocenters. The van der Waals surface area contributed by atoms with Crippen LogP contribution in [0.5, 0.6) is 0 Å². The van der Waals surface area contributed by atoms with Crippen LogP contribution in [0.15, 0.2) is 12.7 Å². The van der Waals surface area contributed by atoms with Gasteiger partial charge in [0.2, 0.25) is 11.9 Å². The molecule has 0 spiro atoms. The zero-order valence-electron chi connectivity index (χ0n) is 12.1. The van der Waals surface area contributed by atoms with Gasteiger partial charge in [0.1, 0.15) is 18.7 Å². The van der Waals surface area contributed by atoms with Gasteiger partial charge in [-0.25, -0.2) is 19.3 Å². The molecule has 9 heteroatoms. The lowest BCUT2D eigenvalue weighted by Gasteiger charge is -2.18. The summed E-state index contributed by atoms with van der Waals surface area (Å²) in [5.74, 6) is -2.31. The number of amides is 1. The first-order valence-electron chi connectivity index (χ1n) is 6.49. The summed E-state index contributed by atoms with van der Waals surface area (Å²) < 4.78 is 10.8. The molecule has 1 unspecified atom stereocenters. The number of hydrogen-bond acceptors (Lipinski definition) is 7. The van der Waals surface area contributed by atoms with Crippen molar-refractivity contribution in [1.82, 2.24) is 20.1 Å². The van der Waals surface area contributed by atoms with Crippen molar-refractivity contribution in [3.8, 4) is 0 Å². The molecular formula is C12H18N4O5. The summed E-state index contributed by atoms with van der Waals surface area (Å²) in [7, 11) is 0. The smallest absolute Gasteiger partial charge is 0.340 e. The molecule has 0 saturated carbocycles. The highest BCUT2D eigenvalue weighted by Crippen LogP contribution is 2.04. The third-order valence-corrected chi connectivity index (χ3v) is 2.54. The number of rotatable bonds is 7. The van der Waals surface area contributed by atoms with Crippen LogP contribution in [-0.4, -0.2) is 51.9 Å². The van der Waals surface area contributed by atoms with Crippen LogP contribution in [0.4, 0.5) is 0 Å². The van der Waals surface area contributed by atoms with E-state index in [1.54, 1.807) is 20.8 Å². The second kappa shape index (κ2) is 7.98. The second-order valence-electron chi connectivity index (χ2n) is 4.00. The van der Waals surface area contributed by atoms with Crippen molar-refractivity contribution in [3.63, 3.8) is 0 Å². The van der Waals surface area contributed by atoms with Gasteiger partial charge >= 0.3 is 11.9 Å². The van der Waals surface area contributed by atoms with Crippen LogP contribution < -0.4 is 5.32 Å². The summed E-state index contributed by atoms with van der Waals surface area (Å²) in [6, 6.07) is -2.23. The minimum atomic E-state index is -1.50. The van der Waals surface area contributed by atoms with Crippen molar-refractivity contribution < 1.29 is 23.9 Å². The summed E-state index contributed by atoms with van der Waals surface area (Å²) >= 11 is 0. The molecule has 1 rings (SSSR count). The molecule has 1 amide bonds. The molecule has 0 aliphatic carbocycles. The Kier molecular flexibility index (Phi) is 6.31. The Labute approximate surface area is 121 Å². The fourth-order valence-corrected chi connectivity index (χ4v) is 1.47. The summed E-state index contributed by atoms with van der Waals surface area (Å²) in [6.45, 7) is 4.92. The van der Waals surface area contributed by atoms with Gasteiger partial charge in [-0.3, -0.25) is 4.79 Å². The number of carbonyl (C=O) groups excluding carboxylic acids is 3. The fourth-order valence-electron chi connectivity index (χ4n) is 1.47. The van der Waals surface area contributed by atoms with E-state index < -0.39 is 29.9 Å². The van der Waals surface area contributed by atoms with Crippen LogP contribution in [0.1, 0.15) is 26.8 Å². The summed E-state index contributed by atoms with van der Waals surface area (Å²) in [4.78, 5) is 39.2. The van der Waals surface area contributed by atoms with E-state index >= 15 is 0 Å². The maximum atomic E-state index is 12.1.